The highest BCUT2D eigenvalue weighted by molar-refractivity contribution is 5.85. The second kappa shape index (κ2) is 12.8. The second-order valence-electron chi connectivity index (χ2n) is 8.60. The number of hydrogen-bond acceptors (Lipinski definition) is 5. The summed E-state index contributed by atoms with van der Waals surface area (Å²) in [4.78, 5) is 17.6. The Bertz CT molecular complexity index is 608. The summed E-state index contributed by atoms with van der Waals surface area (Å²) < 4.78 is 11.7. The van der Waals surface area contributed by atoms with Gasteiger partial charge in [-0.25, -0.2) is 4.79 Å². The summed E-state index contributed by atoms with van der Waals surface area (Å²) in [7, 11) is 0. The van der Waals surface area contributed by atoms with Crippen LogP contribution in [0.25, 0.3) is 0 Å². The molecule has 30 heavy (non-hydrogen) atoms. The maximum Gasteiger partial charge on any atom is 0.411 e. The van der Waals surface area contributed by atoms with Crippen molar-refractivity contribution in [3.05, 3.63) is 24.3 Å². The SMILES string of the molecule is CCCCOc1cccc(NC(=O)OC(CN2CCCCC2)CN2CCCCC2)c1. The average molecular weight is 418 g/mol. The van der Waals surface area contributed by atoms with Crippen LogP contribution in [0, 0.1) is 0 Å². The summed E-state index contributed by atoms with van der Waals surface area (Å²) >= 11 is 0. The van der Waals surface area contributed by atoms with Crippen molar-refractivity contribution < 1.29 is 14.3 Å². The van der Waals surface area contributed by atoms with E-state index in [-0.39, 0.29) is 12.2 Å². The molecule has 0 radical (unpaired) electrons. The minimum Gasteiger partial charge on any atom is -0.494 e. The highest BCUT2D eigenvalue weighted by Gasteiger charge is 2.23. The molecule has 1 amide bonds. The van der Waals surface area contributed by atoms with Gasteiger partial charge < -0.3 is 9.47 Å². The lowest BCUT2D eigenvalue weighted by Gasteiger charge is -2.34. The van der Waals surface area contributed by atoms with E-state index in [2.05, 4.69) is 22.0 Å². The van der Waals surface area contributed by atoms with Gasteiger partial charge in [0.25, 0.3) is 0 Å². The van der Waals surface area contributed by atoms with E-state index in [1.54, 1.807) is 0 Å². The van der Waals surface area contributed by atoms with Crippen molar-refractivity contribution >= 4 is 11.8 Å². The Hall–Kier alpha value is -1.79. The maximum absolute atomic E-state index is 12.7. The Morgan fingerprint density at radius 1 is 1.00 bits per heavy atom. The van der Waals surface area contributed by atoms with Gasteiger partial charge >= 0.3 is 6.09 Å². The Morgan fingerprint density at radius 2 is 1.63 bits per heavy atom. The number of rotatable bonds is 10. The minimum atomic E-state index is -0.375. The van der Waals surface area contributed by atoms with Crippen LogP contribution in [0.2, 0.25) is 0 Å². The van der Waals surface area contributed by atoms with Gasteiger partial charge in [0, 0.05) is 24.8 Å². The summed E-state index contributed by atoms with van der Waals surface area (Å²) in [5.74, 6) is 0.777. The van der Waals surface area contributed by atoms with Crippen LogP contribution in [0.1, 0.15) is 58.3 Å². The van der Waals surface area contributed by atoms with E-state index in [1.165, 1.54) is 38.5 Å². The molecule has 0 atom stereocenters. The van der Waals surface area contributed by atoms with Gasteiger partial charge in [0.1, 0.15) is 11.9 Å². The van der Waals surface area contributed by atoms with Crippen LogP contribution in [-0.4, -0.2) is 67.9 Å². The van der Waals surface area contributed by atoms with Crippen molar-refractivity contribution in [1.82, 2.24) is 9.80 Å². The number of piperidine rings is 2. The Kier molecular flexibility index (Phi) is 9.77. The lowest BCUT2D eigenvalue weighted by atomic mass is 10.1. The molecular formula is C24H39N3O3. The van der Waals surface area contributed by atoms with E-state index < -0.39 is 0 Å². The number of ether oxygens (including phenoxy) is 2. The van der Waals surface area contributed by atoms with Crippen LogP contribution in [0.15, 0.2) is 24.3 Å². The predicted molar refractivity (Wildman–Crippen MR) is 121 cm³/mol. The van der Waals surface area contributed by atoms with Gasteiger partial charge in [-0.05, 0) is 70.4 Å². The van der Waals surface area contributed by atoms with E-state index in [9.17, 15) is 4.79 Å². The quantitative estimate of drug-likeness (QED) is 0.557. The van der Waals surface area contributed by atoms with Gasteiger partial charge in [-0.15, -0.1) is 0 Å². The summed E-state index contributed by atoms with van der Waals surface area (Å²) in [5, 5.41) is 2.90. The zero-order valence-corrected chi connectivity index (χ0v) is 18.6. The normalized spacial score (nSPS) is 18.3. The topological polar surface area (TPSA) is 54.0 Å². The smallest absolute Gasteiger partial charge is 0.411 e. The third-order valence-electron chi connectivity index (χ3n) is 5.94. The summed E-state index contributed by atoms with van der Waals surface area (Å²) in [6.07, 6.45) is 9.23. The molecule has 2 fully saturated rings. The number of amides is 1. The second-order valence-corrected chi connectivity index (χ2v) is 8.60. The van der Waals surface area contributed by atoms with Crippen molar-refractivity contribution in [3.63, 3.8) is 0 Å². The monoisotopic (exact) mass is 417 g/mol. The zero-order chi connectivity index (χ0) is 21.0. The molecule has 2 aliphatic heterocycles. The highest BCUT2D eigenvalue weighted by atomic mass is 16.6. The molecule has 1 aromatic rings. The lowest BCUT2D eigenvalue weighted by Crippen LogP contribution is -2.45. The van der Waals surface area contributed by atoms with E-state index in [0.29, 0.717) is 12.3 Å². The van der Waals surface area contributed by atoms with Crippen LogP contribution in [0.3, 0.4) is 0 Å². The number of benzene rings is 1. The number of anilines is 1. The third kappa shape index (κ3) is 8.15. The Labute approximate surface area is 181 Å². The largest absolute Gasteiger partial charge is 0.494 e. The van der Waals surface area contributed by atoms with Crippen LogP contribution in [0.4, 0.5) is 10.5 Å². The van der Waals surface area contributed by atoms with Crippen molar-refractivity contribution in [2.75, 3.05) is 51.2 Å². The summed E-state index contributed by atoms with van der Waals surface area (Å²) in [6, 6.07) is 7.55. The van der Waals surface area contributed by atoms with Crippen molar-refractivity contribution in [3.8, 4) is 5.75 Å². The first kappa shape index (κ1) is 22.9. The van der Waals surface area contributed by atoms with Crippen molar-refractivity contribution in [2.24, 2.45) is 0 Å². The van der Waals surface area contributed by atoms with Crippen LogP contribution in [0.5, 0.6) is 5.75 Å². The summed E-state index contributed by atoms with van der Waals surface area (Å²) in [5.41, 5.74) is 0.712. The van der Waals surface area contributed by atoms with Gasteiger partial charge in [-0.3, -0.25) is 15.1 Å². The molecular weight excluding hydrogens is 378 g/mol. The molecule has 2 saturated heterocycles. The first-order chi connectivity index (χ1) is 14.7. The van der Waals surface area contributed by atoms with E-state index in [1.807, 2.05) is 24.3 Å². The predicted octanol–water partition coefficient (Wildman–Crippen LogP) is 4.75. The molecule has 1 aromatic carbocycles. The first-order valence-corrected chi connectivity index (χ1v) is 11.9. The number of carbonyl (C=O) groups is 1. The third-order valence-corrected chi connectivity index (χ3v) is 5.94. The maximum atomic E-state index is 12.7. The number of carbonyl (C=O) groups excluding carboxylic acids is 1. The fourth-order valence-corrected chi connectivity index (χ4v) is 4.29. The molecule has 0 bridgehead atoms. The lowest BCUT2D eigenvalue weighted by molar-refractivity contribution is 0.0438. The fraction of sp³-hybridized carbons (Fsp3) is 0.708. The number of unbranched alkanes of at least 4 members (excludes halogenated alkanes) is 1. The number of hydrogen-bond donors (Lipinski definition) is 1. The van der Waals surface area contributed by atoms with Crippen molar-refractivity contribution in [2.45, 2.75) is 64.4 Å². The number of nitrogens with zero attached hydrogens (tertiary/aromatic N) is 2. The first-order valence-electron chi connectivity index (χ1n) is 11.9. The Morgan fingerprint density at radius 3 is 2.23 bits per heavy atom. The molecule has 2 aliphatic rings. The van der Waals surface area contributed by atoms with Gasteiger partial charge in [0.2, 0.25) is 0 Å². The molecule has 1 N–H and O–H groups in total. The summed E-state index contributed by atoms with van der Waals surface area (Å²) in [6.45, 7) is 8.92. The molecule has 6 nitrogen and oxygen atoms in total. The highest BCUT2D eigenvalue weighted by Crippen LogP contribution is 2.19. The molecule has 0 saturated carbocycles. The Balaban J connectivity index is 1.54. The van der Waals surface area contributed by atoms with Crippen LogP contribution in [-0.2, 0) is 4.74 Å². The van der Waals surface area contributed by atoms with Gasteiger partial charge in [0.15, 0.2) is 0 Å². The minimum absolute atomic E-state index is 0.106. The molecule has 0 aliphatic carbocycles. The van der Waals surface area contributed by atoms with Crippen LogP contribution >= 0.6 is 0 Å². The standard InChI is InChI=1S/C24H39N3O3/c1-2-3-17-29-22-12-10-11-21(18-22)25-24(28)30-23(19-26-13-6-4-7-14-26)20-27-15-8-5-9-16-27/h10-12,18,23H,2-9,13-17,19-20H2,1H3,(H,25,28). The van der Waals surface area contributed by atoms with Crippen LogP contribution < -0.4 is 10.1 Å². The molecule has 0 aromatic heterocycles. The number of nitrogens with one attached hydrogen (secondary N) is 1. The number of likely N-dealkylation sites (tertiary alicyclic amines) is 2. The molecule has 0 unspecified atom stereocenters. The molecule has 0 spiro atoms. The molecule has 6 heteroatoms. The van der Waals surface area contributed by atoms with Gasteiger partial charge in [-0.1, -0.05) is 32.3 Å². The van der Waals surface area contributed by atoms with Gasteiger partial charge in [0.05, 0.1) is 6.61 Å². The van der Waals surface area contributed by atoms with E-state index >= 15 is 0 Å². The van der Waals surface area contributed by atoms with E-state index in [0.717, 1.165) is 57.9 Å². The van der Waals surface area contributed by atoms with E-state index in [4.69, 9.17) is 9.47 Å². The zero-order valence-electron chi connectivity index (χ0n) is 18.6. The fourth-order valence-electron chi connectivity index (χ4n) is 4.29. The molecule has 168 valence electrons. The average Bonchev–Trinajstić information content (AvgIpc) is 2.75. The molecule has 2 heterocycles. The molecule has 3 rings (SSSR count). The van der Waals surface area contributed by atoms with Crippen molar-refractivity contribution in [1.29, 1.82) is 0 Å². The van der Waals surface area contributed by atoms with Gasteiger partial charge in [-0.2, -0.15) is 0 Å².